The van der Waals surface area contributed by atoms with Gasteiger partial charge in [0.2, 0.25) is 0 Å². The molecule has 0 heterocycles. The number of halogens is 1. The average molecular weight is 192 g/mol. The second-order valence-corrected chi connectivity index (χ2v) is 3.74. The molecule has 0 radical (unpaired) electrons. The largest absolute Gasteiger partial charge is 0.381 e. The Bertz CT molecular complexity index is 121. The third kappa shape index (κ3) is 3.30. The first kappa shape index (κ1) is 10.3. The van der Waals surface area contributed by atoms with Gasteiger partial charge in [0.05, 0.1) is 6.10 Å². The lowest BCUT2D eigenvalue weighted by Gasteiger charge is -2.28. The van der Waals surface area contributed by atoms with Gasteiger partial charge in [-0.3, -0.25) is 0 Å². The van der Waals surface area contributed by atoms with Crippen molar-refractivity contribution < 1.29 is 4.74 Å². The minimum atomic E-state index is 0.464. The lowest BCUT2D eigenvalue weighted by Crippen LogP contribution is -2.37. The summed E-state index contributed by atoms with van der Waals surface area (Å²) in [7, 11) is 1.80. The predicted molar refractivity (Wildman–Crippen MR) is 51.8 cm³/mol. The van der Waals surface area contributed by atoms with Gasteiger partial charge in [-0.25, -0.2) is 0 Å². The number of hydrogen-bond donors (Lipinski definition) is 1. The molecule has 0 amide bonds. The number of hydrogen-bond acceptors (Lipinski definition) is 2. The van der Waals surface area contributed by atoms with Gasteiger partial charge in [0.15, 0.2) is 0 Å². The molecule has 0 saturated heterocycles. The van der Waals surface area contributed by atoms with Gasteiger partial charge in [-0.05, 0) is 25.7 Å². The van der Waals surface area contributed by atoms with Gasteiger partial charge in [0.1, 0.15) is 0 Å². The molecule has 1 aliphatic rings. The van der Waals surface area contributed by atoms with Crippen LogP contribution in [0.5, 0.6) is 0 Å². The average Bonchev–Trinajstić information content (AvgIpc) is 2.15. The molecule has 1 aliphatic carbocycles. The first-order chi connectivity index (χ1) is 5.86. The second kappa shape index (κ2) is 5.79. The lowest BCUT2D eigenvalue weighted by molar-refractivity contribution is 0.0592. The fourth-order valence-corrected chi connectivity index (χ4v) is 1.91. The molecular formula is C9H18ClNO. The van der Waals surface area contributed by atoms with Crippen molar-refractivity contribution in [1.29, 1.82) is 0 Å². The van der Waals surface area contributed by atoms with Crippen LogP contribution < -0.4 is 5.32 Å². The number of alkyl halides is 1. The SMILES string of the molecule is COC1CCCC(NCCCl)C1. The van der Waals surface area contributed by atoms with Gasteiger partial charge in [-0.15, -0.1) is 11.6 Å². The van der Waals surface area contributed by atoms with Crippen molar-refractivity contribution in [1.82, 2.24) is 5.32 Å². The van der Waals surface area contributed by atoms with E-state index in [2.05, 4.69) is 5.32 Å². The summed E-state index contributed by atoms with van der Waals surface area (Å²) in [4.78, 5) is 0. The molecule has 1 rings (SSSR count). The Morgan fingerprint density at radius 1 is 1.50 bits per heavy atom. The monoisotopic (exact) mass is 191 g/mol. The van der Waals surface area contributed by atoms with E-state index in [0.29, 0.717) is 18.0 Å². The Hall–Kier alpha value is 0.210. The quantitative estimate of drug-likeness (QED) is 0.684. The molecule has 0 aromatic rings. The van der Waals surface area contributed by atoms with E-state index in [1.54, 1.807) is 7.11 Å². The lowest BCUT2D eigenvalue weighted by atomic mass is 9.93. The van der Waals surface area contributed by atoms with Crippen molar-refractivity contribution in [2.75, 3.05) is 19.5 Å². The Balaban J connectivity index is 2.16. The highest BCUT2D eigenvalue weighted by Gasteiger charge is 2.20. The van der Waals surface area contributed by atoms with Crippen LogP contribution >= 0.6 is 11.6 Å². The van der Waals surface area contributed by atoms with E-state index < -0.39 is 0 Å². The Labute approximate surface area is 79.6 Å². The summed E-state index contributed by atoms with van der Waals surface area (Å²) in [5.74, 6) is 0.703. The smallest absolute Gasteiger partial charge is 0.0586 e. The molecule has 3 heteroatoms. The van der Waals surface area contributed by atoms with E-state index >= 15 is 0 Å². The maximum Gasteiger partial charge on any atom is 0.0586 e. The minimum absolute atomic E-state index is 0.464. The molecule has 0 bridgehead atoms. The van der Waals surface area contributed by atoms with Crippen LogP contribution in [0.2, 0.25) is 0 Å². The van der Waals surface area contributed by atoms with Crippen LogP contribution in [-0.2, 0) is 4.74 Å². The van der Waals surface area contributed by atoms with Crippen LogP contribution in [0.1, 0.15) is 25.7 Å². The normalized spacial score (nSPS) is 30.5. The Morgan fingerprint density at radius 3 is 3.00 bits per heavy atom. The molecule has 12 heavy (non-hydrogen) atoms. The van der Waals surface area contributed by atoms with Gasteiger partial charge in [-0.2, -0.15) is 0 Å². The number of nitrogens with one attached hydrogen (secondary N) is 1. The molecule has 0 spiro atoms. The van der Waals surface area contributed by atoms with Crippen LogP contribution in [0.4, 0.5) is 0 Å². The zero-order chi connectivity index (χ0) is 8.81. The standard InChI is InChI=1S/C9H18ClNO/c1-12-9-4-2-3-8(7-9)11-6-5-10/h8-9,11H,2-7H2,1H3. The summed E-state index contributed by atoms with van der Waals surface area (Å²) in [6.07, 6.45) is 5.38. The first-order valence-corrected chi connectivity index (χ1v) is 5.22. The third-order valence-electron chi connectivity index (χ3n) is 2.49. The molecule has 0 aliphatic heterocycles. The maximum atomic E-state index is 5.60. The fourth-order valence-electron chi connectivity index (χ4n) is 1.80. The van der Waals surface area contributed by atoms with Crippen molar-refractivity contribution in [2.24, 2.45) is 0 Å². The van der Waals surface area contributed by atoms with E-state index in [0.717, 1.165) is 13.0 Å². The van der Waals surface area contributed by atoms with Crippen molar-refractivity contribution in [3.05, 3.63) is 0 Å². The maximum absolute atomic E-state index is 5.60. The van der Waals surface area contributed by atoms with E-state index in [1.165, 1.54) is 19.3 Å². The van der Waals surface area contributed by atoms with Crippen LogP contribution in [-0.4, -0.2) is 31.7 Å². The summed E-state index contributed by atoms with van der Waals surface area (Å²) in [6.45, 7) is 0.919. The summed E-state index contributed by atoms with van der Waals surface area (Å²) >= 11 is 5.60. The van der Waals surface area contributed by atoms with Crippen molar-refractivity contribution in [3.63, 3.8) is 0 Å². The van der Waals surface area contributed by atoms with E-state index in [9.17, 15) is 0 Å². The van der Waals surface area contributed by atoms with Crippen molar-refractivity contribution in [2.45, 2.75) is 37.8 Å². The molecule has 2 atom stereocenters. The van der Waals surface area contributed by atoms with Gasteiger partial charge in [0.25, 0.3) is 0 Å². The molecule has 72 valence electrons. The van der Waals surface area contributed by atoms with Gasteiger partial charge in [-0.1, -0.05) is 0 Å². The number of ether oxygens (including phenoxy) is 1. The van der Waals surface area contributed by atoms with Crippen LogP contribution in [0.25, 0.3) is 0 Å². The molecule has 0 aromatic carbocycles. The summed E-state index contributed by atoms with van der Waals surface area (Å²) in [5, 5.41) is 3.42. The topological polar surface area (TPSA) is 21.3 Å². The summed E-state index contributed by atoms with van der Waals surface area (Å²) in [6, 6.07) is 0.627. The number of methoxy groups -OCH3 is 1. The highest BCUT2D eigenvalue weighted by molar-refractivity contribution is 6.18. The van der Waals surface area contributed by atoms with Crippen molar-refractivity contribution in [3.8, 4) is 0 Å². The van der Waals surface area contributed by atoms with Gasteiger partial charge in [0, 0.05) is 25.6 Å². The molecule has 2 nitrogen and oxygen atoms in total. The predicted octanol–water partition coefficient (Wildman–Crippen LogP) is 1.77. The molecule has 2 unspecified atom stereocenters. The Morgan fingerprint density at radius 2 is 2.33 bits per heavy atom. The van der Waals surface area contributed by atoms with E-state index in [1.807, 2.05) is 0 Å². The van der Waals surface area contributed by atoms with Gasteiger partial charge < -0.3 is 10.1 Å². The molecule has 1 fully saturated rings. The zero-order valence-corrected chi connectivity index (χ0v) is 8.44. The Kier molecular flexibility index (Phi) is 4.96. The second-order valence-electron chi connectivity index (χ2n) is 3.36. The molecular weight excluding hydrogens is 174 g/mol. The fraction of sp³-hybridized carbons (Fsp3) is 1.00. The third-order valence-corrected chi connectivity index (χ3v) is 2.68. The number of rotatable bonds is 4. The van der Waals surface area contributed by atoms with Gasteiger partial charge >= 0.3 is 0 Å². The molecule has 0 aromatic heterocycles. The van der Waals surface area contributed by atoms with E-state index in [4.69, 9.17) is 16.3 Å². The van der Waals surface area contributed by atoms with Crippen molar-refractivity contribution >= 4 is 11.6 Å². The molecule has 1 N–H and O–H groups in total. The first-order valence-electron chi connectivity index (χ1n) is 4.69. The highest BCUT2D eigenvalue weighted by atomic mass is 35.5. The molecule has 1 saturated carbocycles. The minimum Gasteiger partial charge on any atom is -0.381 e. The van der Waals surface area contributed by atoms with Crippen LogP contribution in [0.3, 0.4) is 0 Å². The van der Waals surface area contributed by atoms with E-state index in [-0.39, 0.29) is 0 Å². The summed E-state index contributed by atoms with van der Waals surface area (Å²) < 4.78 is 5.33. The van der Waals surface area contributed by atoms with Crippen LogP contribution in [0, 0.1) is 0 Å². The summed E-state index contributed by atoms with van der Waals surface area (Å²) in [5.41, 5.74) is 0. The van der Waals surface area contributed by atoms with Crippen LogP contribution in [0.15, 0.2) is 0 Å². The highest BCUT2D eigenvalue weighted by Crippen LogP contribution is 2.20. The zero-order valence-electron chi connectivity index (χ0n) is 7.68.